The number of hydrogen-bond acceptors (Lipinski definition) is 5. The minimum absolute atomic E-state index is 0.00319. The zero-order valence-corrected chi connectivity index (χ0v) is 22.3. The number of anilines is 2. The summed E-state index contributed by atoms with van der Waals surface area (Å²) in [4.78, 5) is 28.2. The predicted octanol–water partition coefficient (Wildman–Crippen LogP) is 3.74. The fraction of sp³-hybridized carbons (Fsp3) is 0.500. The molecule has 1 unspecified atom stereocenters. The van der Waals surface area contributed by atoms with Crippen LogP contribution in [-0.2, 0) is 42.6 Å². The van der Waals surface area contributed by atoms with Gasteiger partial charge in [0, 0.05) is 87.3 Å². The molecule has 1 aromatic carbocycles. The third-order valence-corrected chi connectivity index (χ3v) is 8.21. The summed E-state index contributed by atoms with van der Waals surface area (Å²) in [5.74, 6) is 0.974. The quantitative estimate of drug-likeness (QED) is 0.536. The maximum Gasteiger partial charge on any atom is 0.264 e. The summed E-state index contributed by atoms with van der Waals surface area (Å²) in [5.41, 5.74) is 4.93. The minimum Gasteiger partial charge on any atom is -0.356 e. The highest BCUT2D eigenvalue weighted by atomic mass is 19.3. The summed E-state index contributed by atoms with van der Waals surface area (Å²) in [6.07, 6.45) is 4.39. The summed E-state index contributed by atoms with van der Waals surface area (Å²) < 4.78 is 32.4. The molecule has 3 aromatic rings. The Morgan fingerprint density at radius 2 is 2.08 bits per heavy atom. The van der Waals surface area contributed by atoms with Gasteiger partial charge >= 0.3 is 0 Å². The molecule has 2 aromatic heterocycles. The molecule has 1 saturated heterocycles. The lowest BCUT2D eigenvalue weighted by Crippen LogP contribution is -2.37. The smallest absolute Gasteiger partial charge is 0.264 e. The number of aromatic nitrogens is 4. The highest BCUT2D eigenvalue weighted by Gasteiger charge is 2.33. The second-order valence-electron chi connectivity index (χ2n) is 10.9. The first-order valence-electron chi connectivity index (χ1n) is 13.6. The lowest BCUT2D eigenvalue weighted by atomic mass is 9.92. The molecule has 0 saturated carbocycles. The van der Waals surface area contributed by atoms with Crippen molar-refractivity contribution in [3.8, 4) is 11.1 Å². The Hall–Kier alpha value is -3.76. The second-order valence-corrected chi connectivity index (χ2v) is 10.9. The number of carbonyl (C=O) groups is 2. The van der Waals surface area contributed by atoms with E-state index in [9.17, 15) is 18.4 Å². The molecule has 6 rings (SSSR count). The van der Waals surface area contributed by atoms with Gasteiger partial charge < -0.3 is 15.1 Å². The van der Waals surface area contributed by atoms with Gasteiger partial charge in [0.15, 0.2) is 5.82 Å². The first kappa shape index (κ1) is 25.5. The molecule has 0 aliphatic carbocycles. The largest absolute Gasteiger partial charge is 0.356 e. The molecule has 1 fully saturated rings. The van der Waals surface area contributed by atoms with Crippen LogP contribution in [0.4, 0.5) is 20.3 Å². The average Bonchev–Trinajstić information content (AvgIpc) is 3.50. The van der Waals surface area contributed by atoms with E-state index in [1.54, 1.807) is 37.1 Å². The molecule has 39 heavy (non-hydrogen) atoms. The Kier molecular flexibility index (Phi) is 6.60. The summed E-state index contributed by atoms with van der Waals surface area (Å²) in [6, 6.07) is 3.50. The van der Waals surface area contributed by atoms with Crippen LogP contribution >= 0.6 is 0 Å². The van der Waals surface area contributed by atoms with E-state index in [1.165, 1.54) is 0 Å². The summed E-state index contributed by atoms with van der Waals surface area (Å²) >= 11 is 0. The SMILES string of the molecule is CC(=O)N1CCc2c(c(N3CCCc4cc(-c5cnn(C)c5)c(C(F)F)cc43)nn2CC2CCNC(=O)C2)C1. The third-order valence-electron chi connectivity index (χ3n) is 8.21. The topological polar surface area (TPSA) is 88.3 Å². The van der Waals surface area contributed by atoms with E-state index in [2.05, 4.69) is 15.3 Å². The highest BCUT2D eigenvalue weighted by Crippen LogP contribution is 2.43. The van der Waals surface area contributed by atoms with Gasteiger partial charge in [-0.15, -0.1) is 0 Å². The molecule has 0 radical (unpaired) electrons. The van der Waals surface area contributed by atoms with Crippen molar-refractivity contribution in [3.63, 3.8) is 0 Å². The van der Waals surface area contributed by atoms with E-state index in [1.807, 2.05) is 15.6 Å². The number of amides is 2. The number of aryl methyl sites for hydroxylation is 2. The average molecular weight is 538 g/mol. The number of nitrogens with zero attached hydrogens (tertiary/aromatic N) is 6. The molecular formula is C28H33F2N7O2. The van der Waals surface area contributed by atoms with E-state index in [-0.39, 0.29) is 23.3 Å². The van der Waals surface area contributed by atoms with Gasteiger partial charge in [-0.3, -0.25) is 19.0 Å². The molecule has 9 nitrogen and oxygen atoms in total. The number of nitrogens with one attached hydrogen (secondary N) is 1. The van der Waals surface area contributed by atoms with Crippen LogP contribution in [0.3, 0.4) is 0 Å². The maximum atomic E-state index is 14.4. The van der Waals surface area contributed by atoms with Crippen LogP contribution < -0.4 is 10.2 Å². The van der Waals surface area contributed by atoms with Gasteiger partial charge in [0.2, 0.25) is 11.8 Å². The van der Waals surface area contributed by atoms with Crippen LogP contribution in [0.25, 0.3) is 11.1 Å². The fourth-order valence-corrected chi connectivity index (χ4v) is 6.22. The van der Waals surface area contributed by atoms with E-state index in [4.69, 9.17) is 5.10 Å². The van der Waals surface area contributed by atoms with Crippen molar-refractivity contribution in [1.82, 2.24) is 29.8 Å². The van der Waals surface area contributed by atoms with E-state index >= 15 is 0 Å². The van der Waals surface area contributed by atoms with Crippen LogP contribution in [-0.4, -0.2) is 55.9 Å². The van der Waals surface area contributed by atoms with Crippen molar-refractivity contribution in [3.05, 3.63) is 46.9 Å². The van der Waals surface area contributed by atoms with Gasteiger partial charge in [-0.1, -0.05) is 0 Å². The van der Waals surface area contributed by atoms with Crippen LogP contribution in [0.15, 0.2) is 24.5 Å². The number of rotatable bonds is 5. The lowest BCUT2D eigenvalue weighted by molar-refractivity contribution is -0.129. The Labute approximate surface area is 225 Å². The molecular weight excluding hydrogens is 504 g/mol. The normalized spacial score (nSPS) is 19.2. The molecule has 1 N–H and O–H groups in total. The van der Waals surface area contributed by atoms with Gasteiger partial charge in [0.05, 0.1) is 12.7 Å². The number of halogens is 2. The number of hydrogen-bond donors (Lipinski definition) is 1. The summed E-state index contributed by atoms with van der Waals surface area (Å²) in [7, 11) is 1.77. The van der Waals surface area contributed by atoms with E-state index in [0.717, 1.165) is 47.6 Å². The molecule has 206 valence electrons. The number of alkyl halides is 2. The monoisotopic (exact) mass is 537 g/mol. The number of benzene rings is 1. The first-order valence-corrected chi connectivity index (χ1v) is 13.6. The Balaban J connectivity index is 1.43. The molecule has 2 amide bonds. The van der Waals surface area contributed by atoms with Crippen molar-refractivity contribution in [2.45, 2.75) is 58.5 Å². The van der Waals surface area contributed by atoms with Crippen molar-refractivity contribution in [2.75, 3.05) is 24.5 Å². The van der Waals surface area contributed by atoms with Crippen molar-refractivity contribution in [2.24, 2.45) is 13.0 Å². The molecule has 1 atom stereocenters. The predicted molar refractivity (Wildman–Crippen MR) is 142 cm³/mol. The zero-order chi connectivity index (χ0) is 27.3. The van der Waals surface area contributed by atoms with Gasteiger partial charge in [0.1, 0.15) is 0 Å². The van der Waals surface area contributed by atoms with E-state index in [0.29, 0.717) is 56.7 Å². The molecule has 0 spiro atoms. The molecule has 3 aliphatic rings. The van der Waals surface area contributed by atoms with E-state index < -0.39 is 6.43 Å². The molecule has 11 heteroatoms. The molecule has 5 heterocycles. The summed E-state index contributed by atoms with van der Waals surface area (Å²) in [5, 5.41) is 12.1. The van der Waals surface area contributed by atoms with Crippen molar-refractivity contribution in [1.29, 1.82) is 0 Å². The van der Waals surface area contributed by atoms with Crippen LogP contribution in [0.1, 0.15) is 55.0 Å². The zero-order valence-electron chi connectivity index (χ0n) is 22.3. The number of carbonyl (C=O) groups excluding carboxylic acids is 2. The highest BCUT2D eigenvalue weighted by molar-refractivity contribution is 5.78. The fourth-order valence-electron chi connectivity index (χ4n) is 6.22. The molecule has 3 aliphatic heterocycles. The summed E-state index contributed by atoms with van der Waals surface area (Å²) in [6.45, 7) is 4.55. The number of fused-ring (bicyclic) bond motifs is 2. The van der Waals surface area contributed by atoms with Crippen LogP contribution in [0, 0.1) is 5.92 Å². The van der Waals surface area contributed by atoms with Crippen molar-refractivity contribution < 1.29 is 18.4 Å². The first-order chi connectivity index (χ1) is 18.8. The Morgan fingerprint density at radius 1 is 1.23 bits per heavy atom. The Bertz CT molecular complexity index is 1430. The van der Waals surface area contributed by atoms with Gasteiger partial charge in [0.25, 0.3) is 6.43 Å². The van der Waals surface area contributed by atoms with Gasteiger partial charge in [-0.25, -0.2) is 8.78 Å². The standard InChI is InChI=1S/C28H33F2N7O2/c1-17(38)35-9-6-24-23(16-35)28(33-37(24)14-18-5-7-31-26(39)10-18)36-8-3-4-19-11-21(20-13-32-34(2)15-20)22(27(29)30)12-25(19)36/h11-13,15,18,27H,3-10,14,16H2,1-2H3,(H,31,39). The number of piperidine rings is 1. The van der Waals surface area contributed by atoms with Crippen LogP contribution in [0.2, 0.25) is 0 Å². The van der Waals surface area contributed by atoms with Crippen molar-refractivity contribution >= 4 is 23.3 Å². The molecule has 0 bridgehead atoms. The maximum absolute atomic E-state index is 14.4. The lowest BCUT2D eigenvalue weighted by Gasteiger charge is -2.33. The van der Waals surface area contributed by atoms with Gasteiger partial charge in [-0.05, 0) is 48.4 Å². The Morgan fingerprint density at radius 3 is 2.79 bits per heavy atom. The minimum atomic E-state index is -2.65. The van der Waals surface area contributed by atoms with Gasteiger partial charge in [-0.2, -0.15) is 10.2 Å². The van der Waals surface area contributed by atoms with Crippen LogP contribution in [0.5, 0.6) is 0 Å². The second kappa shape index (κ2) is 10.1. The third kappa shape index (κ3) is 4.79.